The van der Waals surface area contributed by atoms with Crippen molar-refractivity contribution in [3.05, 3.63) is 28.2 Å². The third-order valence-electron chi connectivity index (χ3n) is 2.85. The van der Waals surface area contributed by atoms with Crippen LogP contribution in [0.15, 0.2) is 16.9 Å². The SMILES string of the molecule is CCCCn1nc(C(=O)N(CC)CCO)ccc1=O. The first-order valence-corrected chi connectivity index (χ1v) is 6.62. The number of carbonyl (C=O) groups is 1. The maximum Gasteiger partial charge on any atom is 0.274 e. The first-order chi connectivity index (χ1) is 9.13. The second-order valence-electron chi connectivity index (χ2n) is 4.24. The van der Waals surface area contributed by atoms with E-state index >= 15 is 0 Å². The van der Waals surface area contributed by atoms with Crippen LogP contribution in [0.2, 0.25) is 0 Å². The monoisotopic (exact) mass is 267 g/mol. The molecule has 0 aromatic carbocycles. The van der Waals surface area contributed by atoms with E-state index in [1.54, 1.807) is 0 Å². The highest BCUT2D eigenvalue weighted by molar-refractivity contribution is 5.92. The van der Waals surface area contributed by atoms with E-state index in [0.29, 0.717) is 13.1 Å². The molecule has 0 saturated carbocycles. The molecule has 1 amide bonds. The zero-order valence-electron chi connectivity index (χ0n) is 11.5. The molecule has 1 aromatic rings. The second kappa shape index (κ2) is 7.68. The topological polar surface area (TPSA) is 75.4 Å². The van der Waals surface area contributed by atoms with Crippen molar-refractivity contribution in [3.63, 3.8) is 0 Å². The Morgan fingerprint density at radius 1 is 1.42 bits per heavy atom. The van der Waals surface area contributed by atoms with Gasteiger partial charge in [-0.2, -0.15) is 5.10 Å². The van der Waals surface area contributed by atoms with Gasteiger partial charge < -0.3 is 10.0 Å². The Kier molecular flexibility index (Phi) is 6.21. The van der Waals surface area contributed by atoms with Gasteiger partial charge in [-0.15, -0.1) is 0 Å². The average molecular weight is 267 g/mol. The zero-order chi connectivity index (χ0) is 14.3. The standard InChI is InChI=1S/C13H21N3O3/c1-3-5-8-16-12(18)7-6-11(14-16)13(19)15(4-2)9-10-17/h6-7,17H,3-5,8-10H2,1-2H3. The molecule has 1 rings (SSSR count). The fourth-order valence-corrected chi connectivity index (χ4v) is 1.72. The van der Waals surface area contributed by atoms with Crippen LogP contribution in [0, 0.1) is 0 Å². The van der Waals surface area contributed by atoms with E-state index in [1.807, 2.05) is 13.8 Å². The van der Waals surface area contributed by atoms with Gasteiger partial charge in [0.2, 0.25) is 0 Å². The molecule has 1 heterocycles. The lowest BCUT2D eigenvalue weighted by molar-refractivity contribution is 0.0723. The van der Waals surface area contributed by atoms with Crippen LogP contribution < -0.4 is 5.56 Å². The van der Waals surface area contributed by atoms with Gasteiger partial charge in [-0.05, 0) is 19.4 Å². The number of aryl methyl sites for hydroxylation is 1. The van der Waals surface area contributed by atoms with Crippen LogP contribution in [0.25, 0.3) is 0 Å². The van der Waals surface area contributed by atoms with Gasteiger partial charge in [0.15, 0.2) is 0 Å². The molecule has 0 atom stereocenters. The molecule has 0 aliphatic rings. The van der Waals surface area contributed by atoms with Crippen molar-refractivity contribution in [3.8, 4) is 0 Å². The highest BCUT2D eigenvalue weighted by Gasteiger charge is 2.16. The molecule has 0 radical (unpaired) electrons. The molecule has 6 heteroatoms. The number of aliphatic hydroxyl groups excluding tert-OH is 1. The lowest BCUT2D eigenvalue weighted by Crippen LogP contribution is -2.35. The van der Waals surface area contributed by atoms with Gasteiger partial charge >= 0.3 is 0 Å². The number of hydrogen-bond donors (Lipinski definition) is 1. The fourth-order valence-electron chi connectivity index (χ4n) is 1.72. The summed E-state index contributed by atoms with van der Waals surface area (Å²) in [5.41, 5.74) is 0.0428. The summed E-state index contributed by atoms with van der Waals surface area (Å²) in [5, 5.41) is 13.0. The minimum absolute atomic E-state index is 0.0882. The van der Waals surface area contributed by atoms with Crippen molar-refractivity contribution >= 4 is 5.91 Å². The highest BCUT2D eigenvalue weighted by Crippen LogP contribution is 2.00. The second-order valence-corrected chi connectivity index (χ2v) is 4.24. The van der Waals surface area contributed by atoms with Crippen molar-refractivity contribution < 1.29 is 9.90 Å². The highest BCUT2D eigenvalue weighted by atomic mass is 16.3. The van der Waals surface area contributed by atoms with E-state index in [-0.39, 0.29) is 30.3 Å². The van der Waals surface area contributed by atoms with Gasteiger partial charge in [0.1, 0.15) is 5.69 Å². The van der Waals surface area contributed by atoms with Crippen LogP contribution in [-0.4, -0.2) is 45.4 Å². The Bertz CT molecular complexity index is 470. The quantitative estimate of drug-likeness (QED) is 0.780. The lowest BCUT2D eigenvalue weighted by Gasteiger charge is -2.19. The van der Waals surface area contributed by atoms with Crippen molar-refractivity contribution in [2.45, 2.75) is 33.2 Å². The number of aromatic nitrogens is 2. The van der Waals surface area contributed by atoms with Crippen LogP contribution in [0.5, 0.6) is 0 Å². The first kappa shape index (κ1) is 15.4. The normalized spacial score (nSPS) is 10.5. The number of unbranched alkanes of at least 4 members (excludes halogenated alkanes) is 1. The van der Waals surface area contributed by atoms with Gasteiger partial charge in [-0.1, -0.05) is 13.3 Å². The molecule has 6 nitrogen and oxygen atoms in total. The van der Waals surface area contributed by atoms with Gasteiger partial charge in [0.05, 0.1) is 6.61 Å². The van der Waals surface area contributed by atoms with Crippen LogP contribution >= 0.6 is 0 Å². The van der Waals surface area contributed by atoms with E-state index in [1.165, 1.54) is 21.7 Å². The molecule has 0 bridgehead atoms. The Labute approximate surface area is 112 Å². The van der Waals surface area contributed by atoms with Gasteiger partial charge in [0, 0.05) is 25.7 Å². The number of aliphatic hydroxyl groups is 1. The van der Waals surface area contributed by atoms with E-state index in [9.17, 15) is 9.59 Å². The summed E-state index contributed by atoms with van der Waals surface area (Å²) >= 11 is 0. The van der Waals surface area contributed by atoms with Crippen LogP contribution in [0.4, 0.5) is 0 Å². The van der Waals surface area contributed by atoms with Crippen LogP contribution in [0.3, 0.4) is 0 Å². The molecule has 1 N–H and O–H groups in total. The number of hydrogen-bond acceptors (Lipinski definition) is 4. The summed E-state index contributed by atoms with van der Waals surface area (Å²) in [7, 11) is 0. The van der Waals surface area contributed by atoms with E-state index in [4.69, 9.17) is 5.11 Å². The number of likely N-dealkylation sites (N-methyl/N-ethyl adjacent to an activating group) is 1. The minimum atomic E-state index is -0.262. The van der Waals surface area contributed by atoms with Crippen LogP contribution in [0.1, 0.15) is 37.2 Å². The third kappa shape index (κ3) is 4.17. The molecule has 0 spiro atoms. The number of nitrogens with zero attached hydrogens (tertiary/aromatic N) is 3. The smallest absolute Gasteiger partial charge is 0.274 e. The largest absolute Gasteiger partial charge is 0.395 e. The van der Waals surface area contributed by atoms with Crippen molar-refractivity contribution in [1.82, 2.24) is 14.7 Å². The van der Waals surface area contributed by atoms with E-state index in [0.717, 1.165) is 12.8 Å². The van der Waals surface area contributed by atoms with Crippen molar-refractivity contribution in [2.75, 3.05) is 19.7 Å². The Balaban J connectivity index is 2.94. The van der Waals surface area contributed by atoms with Crippen molar-refractivity contribution in [1.29, 1.82) is 0 Å². The summed E-state index contributed by atoms with van der Waals surface area (Å²) in [6.45, 7) is 5.05. The predicted molar refractivity (Wildman–Crippen MR) is 72.1 cm³/mol. The fraction of sp³-hybridized carbons (Fsp3) is 0.615. The van der Waals surface area contributed by atoms with Crippen LogP contribution in [-0.2, 0) is 6.54 Å². The molecule has 0 aliphatic carbocycles. The maximum atomic E-state index is 12.1. The molecule has 0 aliphatic heterocycles. The summed E-state index contributed by atoms with van der Waals surface area (Å²) in [6.07, 6.45) is 1.80. The summed E-state index contributed by atoms with van der Waals surface area (Å²) in [4.78, 5) is 25.2. The number of rotatable bonds is 7. The molecule has 106 valence electrons. The van der Waals surface area contributed by atoms with E-state index in [2.05, 4.69) is 5.10 Å². The third-order valence-corrected chi connectivity index (χ3v) is 2.85. The summed E-state index contributed by atoms with van der Waals surface area (Å²) in [6, 6.07) is 2.80. The maximum absolute atomic E-state index is 12.1. The molecular formula is C13H21N3O3. The van der Waals surface area contributed by atoms with Gasteiger partial charge in [-0.3, -0.25) is 9.59 Å². The van der Waals surface area contributed by atoms with Gasteiger partial charge in [0.25, 0.3) is 11.5 Å². The zero-order valence-corrected chi connectivity index (χ0v) is 11.5. The average Bonchev–Trinajstić information content (AvgIpc) is 2.43. The summed E-state index contributed by atoms with van der Waals surface area (Å²) < 4.78 is 1.32. The molecule has 0 saturated heterocycles. The molecular weight excluding hydrogens is 246 g/mol. The molecule has 19 heavy (non-hydrogen) atoms. The Morgan fingerprint density at radius 3 is 2.74 bits per heavy atom. The first-order valence-electron chi connectivity index (χ1n) is 6.62. The summed E-state index contributed by atoms with van der Waals surface area (Å²) in [5.74, 6) is -0.262. The number of carbonyl (C=O) groups excluding carboxylic acids is 1. The lowest BCUT2D eigenvalue weighted by atomic mass is 10.3. The van der Waals surface area contributed by atoms with Gasteiger partial charge in [-0.25, -0.2) is 4.68 Å². The number of amides is 1. The van der Waals surface area contributed by atoms with Crippen molar-refractivity contribution in [2.24, 2.45) is 0 Å². The molecule has 0 fully saturated rings. The molecule has 0 unspecified atom stereocenters. The molecule has 1 aromatic heterocycles. The predicted octanol–water partition coefficient (Wildman–Crippen LogP) is 0.498. The minimum Gasteiger partial charge on any atom is -0.395 e. The van der Waals surface area contributed by atoms with E-state index < -0.39 is 0 Å². The Hall–Kier alpha value is -1.69. The Morgan fingerprint density at radius 2 is 2.16 bits per heavy atom.